The van der Waals surface area contributed by atoms with Gasteiger partial charge in [0.05, 0.1) is 5.69 Å². The Balaban J connectivity index is 1.46. The van der Waals surface area contributed by atoms with Gasteiger partial charge in [-0.05, 0) is 69.5 Å². The third-order valence-corrected chi connectivity index (χ3v) is 7.08. The predicted molar refractivity (Wildman–Crippen MR) is 120 cm³/mol. The highest BCUT2D eigenvalue weighted by Crippen LogP contribution is 2.34. The van der Waals surface area contributed by atoms with Crippen LogP contribution in [-0.2, 0) is 24.8 Å². The van der Waals surface area contributed by atoms with Crippen LogP contribution in [0.2, 0.25) is 0 Å². The van der Waals surface area contributed by atoms with Gasteiger partial charge in [-0.3, -0.25) is 14.4 Å². The molecule has 31 heavy (non-hydrogen) atoms. The summed E-state index contributed by atoms with van der Waals surface area (Å²) in [5, 5.41) is 4.48. The molecule has 0 spiro atoms. The lowest BCUT2D eigenvalue weighted by Gasteiger charge is -2.40. The second-order valence-corrected chi connectivity index (χ2v) is 9.56. The molecule has 1 atom stereocenters. The molecule has 2 aromatic rings. The molecule has 1 aromatic heterocycles. The average Bonchev–Trinajstić information content (AvgIpc) is 3.50. The highest BCUT2D eigenvalue weighted by atomic mass is 19.1. The first kappa shape index (κ1) is 22.0. The molecular weight excluding hydrogens is 391 g/mol. The van der Waals surface area contributed by atoms with Gasteiger partial charge in [-0.1, -0.05) is 18.2 Å². The number of nitrogens with zero attached hydrogens (tertiary/aromatic N) is 4. The van der Waals surface area contributed by atoms with Crippen molar-refractivity contribution in [3.05, 3.63) is 53.1 Å². The molecule has 0 radical (unpaired) electrons. The van der Waals surface area contributed by atoms with Crippen molar-refractivity contribution in [1.29, 1.82) is 0 Å². The first-order chi connectivity index (χ1) is 14.9. The molecule has 2 heterocycles. The number of rotatable bonds is 8. The molecule has 2 fully saturated rings. The summed E-state index contributed by atoms with van der Waals surface area (Å²) >= 11 is 0. The van der Waals surface area contributed by atoms with Crippen LogP contribution in [0.1, 0.15) is 48.9 Å². The highest BCUT2D eigenvalue weighted by molar-refractivity contribution is 5.76. The molecule has 1 saturated carbocycles. The van der Waals surface area contributed by atoms with Crippen LogP contribution in [0.5, 0.6) is 0 Å². The molecule has 1 saturated heterocycles. The minimum absolute atomic E-state index is 0.129. The Hall–Kier alpha value is -2.21. The number of amides is 1. The highest BCUT2D eigenvalue weighted by Gasteiger charge is 2.33. The summed E-state index contributed by atoms with van der Waals surface area (Å²) in [5.74, 6) is 1.26. The molecule has 0 bridgehead atoms. The van der Waals surface area contributed by atoms with Crippen LogP contribution < -0.4 is 0 Å². The fourth-order valence-corrected chi connectivity index (χ4v) is 4.99. The van der Waals surface area contributed by atoms with Crippen LogP contribution in [0.3, 0.4) is 0 Å². The van der Waals surface area contributed by atoms with Gasteiger partial charge < -0.3 is 4.90 Å². The molecule has 0 N–H and O–H groups in total. The molecule has 1 aliphatic heterocycles. The van der Waals surface area contributed by atoms with E-state index in [1.807, 2.05) is 30.8 Å². The third-order valence-electron chi connectivity index (χ3n) is 7.08. The molecule has 1 aromatic carbocycles. The summed E-state index contributed by atoms with van der Waals surface area (Å²) in [6.45, 7) is 4.48. The molecular formula is C25H35FN4O. The van der Waals surface area contributed by atoms with Crippen molar-refractivity contribution < 1.29 is 9.18 Å². The van der Waals surface area contributed by atoms with Crippen molar-refractivity contribution in [3.63, 3.8) is 0 Å². The van der Waals surface area contributed by atoms with Gasteiger partial charge in [-0.15, -0.1) is 0 Å². The Morgan fingerprint density at radius 2 is 1.90 bits per heavy atom. The van der Waals surface area contributed by atoms with Gasteiger partial charge in [0.1, 0.15) is 5.82 Å². The Kier molecular flexibility index (Phi) is 6.75. The van der Waals surface area contributed by atoms with Crippen molar-refractivity contribution in [2.24, 2.45) is 18.9 Å². The van der Waals surface area contributed by atoms with Crippen LogP contribution in [0.25, 0.3) is 0 Å². The number of piperidine rings is 1. The molecule has 1 unspecified atom stereocenters. The Morgan fingerprint density at radius 1 is 1.19 bits per heavy atom. The van der Waals surface area contributed by atoms with Crippen molar-refractivity contribution in [2.45, 2.75) is 58.0 Å². The topological polar surface area (TPSA) is 41.4 Å². The molecule has 1 amide bonds. The van der Waals surface area contributed by atoms with Crippen LogP contribution in [-0.4, -0.2) is 51.7 Å². The fourth-order valence-electron chi connectivity index (χ4n) is 4.99. The minimum Gasteiger partial charge on any atom is -0.343 e. The number of carbonyl (C=O) groups excluding carboxylic acids is 1. The largest absolute Gasteiger partial charge is 0.343 e. The first-order valence-electron chi connectivity index (χ1n) is 11.6. The van der Waals surface area contributed by atoms with Gasteiger partial charge >= 0.3 is 0 Å². The quantitative estimate of drug-likeness (QED) is 0.642. The average molecular weight is 427 g/mol. The maximum atomic E-state index is 14.5. The lowest BCUT2D eigenvalue weighted by atomic mass is 9.84. The minimum atomic E-state index is -0.129. The van der Waals surface area contributed by atoms with E-state index in [-0.39, 0.29) is 11.9 Å². The first-order valence-corrected chi connectivity index (χ1v) is 11.6. The molecule has 2 aliphatic rings. The fraction of sp³-hybridized carbons (Fsp3) is 0.600. The lowest BCUT2D eigenvalue weighted by molar-refractivity contribution is -0.133. The lowest BCUT2D eigenvalue weighted by Crippen LogP contribution is -2.46. The SMILES string of the molecule is Cc1nn(C)cc1CN(C)C(Cc1ccccc1F)C1CCN(C(=O)CC2CC2)CC1. The monoisotopic (exact) mass is 426 g/mol. The van der Waals surface area contributed by atoms with Gasteiger partial charge in [0.25, 0.3) is 0 Å². The Labute approximate surface area is 185 Å². The van der Waals surface area contributed by atoms with E-state index < -0.39 is 0 Å². The van der Waals surface area contributed by atoms with E-state index in [1.54, 1.807) is 12.1 Å². The zero-order chi connectivity index (χ0) is 22.0. The molecule has 5 nitrogen and oxygen atoms in total. The maximum Gasteiger partial charge on any atom is 0.222 e. The van der Waals surface area contributed by atoms with Crippen molar-refractivity contribution in [1.82, 2.24) is 19.6 Å². The van der Waals surface area contributed by atoms with Crippen molar-refractivity contribution in [3.8, 4) is 0 Å². The number of likely N-dealkylation sites (N-methyl/N-ethyl adjacent to an activating group) is 1. The predicted octanol–water partition coefficient (Wildman–Crippen LogP) is 3.95. The summed E-state index contributed by atoms with van der Waals surface area (Å²) in [5.41, 5.74) is 3.02. The van der Waals surface area contributed by atoms with E-state index in [0.29, 0.717) is 24.2 Å². The second kappa shape index (κ2) is 9.51. The van der Waals surface area contributed by atoms with E-state index in [0.717, 1.165) is 50.2 Å². The van der Waals surface area contributed by atoms with E-state index in [1.165, 1.54) is 18.4 Å². The summed E-state index contributed by atoms with van der Waals surface area (Å²) in [6, 6.07) is 7.34. The van der Waals surface area contributed by atoms with Crippen LogP contribution in [0.15, 0.2) is 30.5 Å². The number of benzene rings is 1. The van der Waals surface area contributed by atoms with E-state index in [4.69, 9.17) is 0 Å². The smallest absolute Gasteiger partial charge is 0.222 e. The van der Waals surface area contributed by atoms with Crippen LogP contribution in [0, 0.1) is 24.6 Å². The van der Waals surface area contributed by atoms with Crippen molar-refractivity contribution in [2.75, 3.05) is 20.1 Å². The van der Waals surface area contributed by atoms with Gasteiger partial charge in [0.15, 0.2) is 0 Å². The zero-order valence-corrected chi connectivity index (χ0v) is 19.1. The van der Waals surface area contributed by atoms with E-state index in [2.05, 4.69) is 28.1 Å². The van der Waals surface area contributed by atoms with Gasteiger partial charge in [0, 0.05) is 50.9 Å². The van der Waals surface area contributed by atoms with Crippen LogP contribution >= 0.6 is 0 Å². The third kappa shape index (κ3) is 5.53. The number of likely N-dealkylation sites (tertiary alicyclic amines) is 1. The summed E-state index contributed by atoms with van der Waals surface area (Å²) in [7, 11) is 4.09. The van der Waals surface area contributed by atoms with Crippen molar-refractivity contribution >= 4 is 5.91 Å². The number of halogens is 1. The molecule has 6 heteroatoms. The number of aryl methyl sites for hydroxylation is 2. The molecule has 168 valence electrons. The normalized spacial score (nSPS) is 18.5. The van der Waals surface area contributed by atoms with Gasteiger partial charge in [0.2, 0.25) is 5.91 Å². The van der Waals surface area contributed by atoms with Gasteiger partial charge in [-0.2, -0.15) is 5.10 Å². The van der Waals surface area contributed by atoms with E-state index >= 15 is 0 Å². The van der Waals surface area contributed by atoms with Gasteiger partial charge in [-0.25, -0.2) is 4.39 Å². The number of carbonyl (C=O) groups is 1. The number of hydrogen-bond donors (Lipinski definition) is 0. The van der Waals surface area contributed by atoms with E-state index in [9.17, 15) is 9.18 Å². The second-order valence-electron chi connectivity index (χ2n) is 9.56. The summed E-state index contributed by atoms with van der Waals surface area (Å²) < 4.78 is 16.3. The summed E-state index contributed by atoms with van der Waals surface area (Å²) in [6.07, 6.45) is 7.87. The number of hydrogen-bond acceptors (Lipinski definition) is 3. The zero-order valence-electron chi connectivity index (χ0n) is 19.1. The standard InChI is InChI=1S/C25H35FN4O/c1-18-22(17-29(3)27-18)16-28(2)24(15-21-6-4-5-7-23(21)26)20-10-12-30(13-11-20)25(31)14-19-8-9-19/h4-7,17,19-20,24H,8-16H2,1-3H3. The molecule has 4 rings (SSSR count). The number of aromatic nitrogens is 2. The maximum absolute atomic E-state index is 14.5. The Bertz CT molecular complexity index is 899. The molecule has 1 aliphatic carbocycles. The Morgan fingerprint density at radius 3 is 2.52 bits per heavy atom. The van der Waals surface area contributed by atoms with Crippen LogP contribution in [0.4, 0.5) is 4.39 Å². The summed E-state index contributed by atoms with van der Waals surface area (Å²) in [4.78, 5) is 17.0.